The molecule has 0 bridgehead atoms. The summed E-state index contributed by atoms with van der Waals surface area (Å²) >= 11 is 0. The highest BCUT2D eigenvalue weighted by Gasteiger charge is 2.20. The van der Waals surface area contributed by atoms with Crippen molar-refractivity contribution >= 4 is 16.7 Å². The minimum atomic E-state index is -0.288. The molecule has 3 rings (SSSR count). The highest BCUT2D eigenvalue weighted by atomic mass is 19.1. The summed E-state index contributed by atoms with van der Waals surface area (Å²) in [6.07, 6.45) is 0. The van der Waals surface area contributed by atoms with Crippen LogP contribution in [-0.4, -0.2) is 26.2 Å². The lowest BCUT2D eigenvalue weighted by Gasteiger charge is -2.22. The van der Waals surface area contributed by atoms with Crippen LogP contribution in [0, 0.1) is 18.6 Å². The zero-order valence-corrected chi connectivity index (χ0v) is 16.7. The van der Waals surface area contributed by atoms with E-state index >= 15 is 0 Å². The van der Waals surface area contributed by atoms with Gasteiger partial charge >= 0.3 is 0 Å². The van der Waals surface area contributed by atoms with Crippen molar-refractivity contribution in [2.24, 2.45) is 0 Å². The SMILES string of the molecule is CCN(CC)c1cc2oc3cc(=[N+](CC)CC)c(F)cc-3c(C)c2cc1F. The zero-order chi connectivity index (χ0) is 19.7. The average molecular weight is 373 g/mol. The van der Waals surface area contributed by atoms with Crippen molar-refractivity contribution in [3.8, 4) is 11.3 Å². The Kier molecular flexibility index (Phi) is 5.49. The number of rotatable bonds is 5. The number of anilines is 1. The molecule has 5 heteroatoms. The van der Waals surface area contributed by atoms with Gasteiger partial charge in [-0.25, -0.2) is 8.97 Å². The first-order chi connectivity index (χ1) is 12.9. The third-order valence-electron chi connectivity index (χ3n) is 5.33. The fourth-order valence-electron chi connectivity index (χ4n) is 3.72. The van der Waals surface area contributed by atoms with Gasteiger partial charge in [-0.1, -0.05) is 0 Å². The molecular weight excluding hydrogens is 346 g/mol. The number of fused-ring (bicyclic) bond motifs is 2. The molecule has 0 saturated carbocycles. The van der Waals surface area contributed by atoms with Gasteiger partial charge in [0.05, 0.1) is 11.8 Å². The van der Waals surface area contributed by atoms with Gasteiger partial charge in [0, 0.05) is 30.1 Å². The molecule has 0 N–H and O–H groups in total. The maximum atomic E-state index is 14.7. The van der Waals surface area contributed by atoms with E-state index in [4.69, 9.17) is 4.42 Å². The van der Waals surface area contributed by atoms with Gasteiger partial charge in [-0.15, -0.1) is 0 Å². The molecule has 27 heavy (non-hydrogen) atoms. The second-order valence-electron chi connectivity index (χ2n) is 6.67. The maximum Gasteiger partial charge on any atom is 0.239 e. The average Bonchev–Trinajstić information content (AvgIpc) is 2.66. The number of hydrogen-bond donors (Lipinski definition) is 0. The number of halogens is 2. The molecule has 0 unspecified atom stereocenters. The molecule has 0 spiro atoms. The second kappa shape index (κ2) is 7.67. The lowest BCUT2D eigenvalue weighted by Crippen LogP contribution is -2.32. The van der Waals surface area contributed by atoms with E-state index in [1.807, 2.05) is 44.1 Å². The topological polar surface area (TPSA) is 19.4 Å². The maximum absolute atomic E-state index is 14.7. The fourth-order valence-corrected chi connectivity index (χ4v) is 3.72. The predicted molar refractivity (Wildman–Crippen MR) is 107 cm³/mol. The van der Waals surface area contributed by atoms with Gasteiger partial charge in [0.1, 0.15) is 30.3 Å². The molecule has 0 saturated heterocycles. The Balaban J connectivity index is 2.37. The summed E-state index contributed by atoms with van der Waals surface area (Å²) in [7, 11) is 0. The first-order valence-electron chi connectivity index (χ1n) is 9.64. The Morgan fingerprint density at radius 2 is 1.59 bits per heavy atom. The van der Waals surface area contributed by atoms with Crippen LogP contribution in [0.4, 0.5) is 14.5 Å². The molecule has 1 aliphatic carbocycles. The highest BCUT2D eigenvalue weighted by molar-refractivity contribution is 5.90. The van der Waals surface area contributed by atoms with Crippen LogP contribution in [0.25, 0.3) is 22.3 Å². The van der Waals surface area contributed by atoms with Gasteiger partial charge in [-0.05, 0) is 52.3 Å². The number of nitrogens with zero attached hydrogens (tertiary/aromatic N) is 2. The molecule has 1 aromatic rings. The first kappa shape index (κ1) is 19.3. The minimum Gasteiger partial charge on any atom is -0.456 e. The van der Waals surface area contributed by atoms with Gasteiger partial charge < -0.3 is 9.32 Å². The summed E-state index contributed by atoms with van der Waals surface area (Å²) in [6, 6.07) is 6.50. The third kappa shape index (κ3) is 3.31. The summed E-state index contributed by atoms with van der Waals surface area (Å²) in [6.45, 7) is 12.7. The van der Waals surface area contributed by atoms with E-state index in [0.717, 1.165) is 5.56 Å². The van der Waals surface area contributed by atoms with E-state index in [0.29, 0.717) is 59.5 Å². The summed E-state index contributed by atoms with van der Waals surface area (Å²) in [5, 5.41) is 1.20. The Bertz CT molecular complexity index is 1010. The molecule has 0 amide bonds. The molecule has 144 valence electrons. The van der Waals surface area contributed by atoms with Crippen molar-refractivity contribution in [2.75, 3.05) is 31.1 Å². The van der Waals surface area contributed by atoms with Gasteiger partial charge in [-0.3, -0.25) is 0 Å². The Hall–Kier alpha value is -2.43. The van der Waals surface area contributed by atoms with Crippen LogP contribution in [0.3, 0.4) is 0 Å². The van der Waals surface area contributed by atoms with E-state index < -0.39 is 0 Å². The Morgan fingerprint density at radius 3 is 2.19 bits per heavy atom. The molecule has 1 aliphatic heterocycles. The second-order valence-corrected chi connectivity index (χ2v) is 6.67. The van der Waals surface area contributed by atoms with Crippen LogP contribution < -0.4 is 14.8 Å². The molecule has 2 aliphatic rings. The predicted octanol–water partition coefficient (Wildman–Crippen LogP) is 4.78. The molecular formula is C22H27F2N2O+. The van der Waals surface area contributed by atoms with Gasteiger partial charge in [0.15, 0.2) is 5.82 Å². The van der Waals surface area contributed by atoms with Crippen molar-refractivity contribution < 1.29 is 13.2 Å². The van der Waals surface area contributed by atoms with Crippen molar-refractivity contribution in [1.82, 2.24) is 4.58 Å². The van der Waals surface area contributed by atoms with Crippen LogP contribution >= 0.6 is 0 Å². The summed E-state index contributed by atoms with van der Waals surface area (Å²) in [5.74, 6) is 0.0357. The molecule has 0 aromatic heterocycles. The third-order valence-corrected chi connectivity index (χ3v) is 5.33. The number of aryl methyl sites for hydroxylation is 1. The molecule has 1 aromatic carbocycles. The first-order valence-corrected chi connectivity index (χ1v) is 9.64. The summed E-state index contributed by atoms with van der Waals surface area (Å²) in [4.78, 5) is 1.95. The Labute approximate surface area is 158 Å². The fraction of sp³-hybridized carbons (Fsp3) is 0.409. The Morgan fingerprint density at radius 1 is 0.926 bits per heavy atom. The van der Waals surface area contributed by atoms with E-state index in [1.165, 1.54) is 12.1 Å². The number of benzene rings is 2. The summed E-state index contributed by atoms with van der Waals surface area (Å²) < 4.78 is 37.5. The van der Waals surface area contributed by atoms with Crippen LogP contribution in [0.2, 0.25) is 0 Å². The largest absolute Gasteiger partial charge is 0.456 e. The van der Waals surface area contributed by atoms with E-state index in [9.17, 15) is 8.78 Å². The van der Waals surface area contributed by atoms with Crippen molar-refractivity contribution in [2.45, 2.75) is 34.6 Å². The zero-order valence-electron chi connectivity index (χ0n) is 16.7. The molecule has 1 heterocycles. The van der Waals surface area contributed by atoms with E-state index in [1.54, 1.807) is 12.1 Å². The standard InChI is InChI=1S/C22H27F2N2O/c1-6-25(7-2)19-12-21-15(10-17(19)23)14(5)16-11-18(24)20(13-22(16)27-21)26(8-3)9-4/h10-13H,6-9H2,1-5H3/q+1. The molecule has 0 atom stereocenters. The quantitative estimate of drug-likeness (QED) is 0.473. The van der Waals surface area contributed by atoms with Crippen LogP contribution in [0.1, 0.15) is 33.3 Å². The smallest absolute Gasteiger partial charge is 0.239 e. The highest BCUT2D eigenvalue weighted by Crippen LogP contribution is 2.35. The molecule has 0 fully saturated rings. The van der Waals surface area contributed by atoms with Gasteiger partial charge in [0.2, 0.25) is 5.36 Å². The van der Waals surface area contributed by atoms with Gasteiger partial charge in [0.25, 0.3) is 0 Å². The van der Waals surface area contributed by atoms with Gasteiger partial charge in [-0.2, -0.15) is 4.39 Å². The van der Waals surface area contributed by atoms with Crippen LogP contribution in [0.5, 0.6) is 0 Å². The molecule has 3 nitrogen and oxygen atoms in total. The summed E-state index contributed by atoms with van der Waals surface area (Å²) in [5.41, 5.74) is 2.63. The minimum absolute atomic E-state index is 0.288. The lowest BCUT2D eigenvalue weighted by atomic mass is 10.00. The van der Waals surface area contributed by atoms with E-state index in [-0.39, 0.29) is 11.6 Å². The monoisotopic (exact) mass is 373 g/mol. The van der Waals surface area contributed by atoms with Crippen molar-refractivity contribution in [3.05, 3.63) is 46.8 Å². The lowest BCUT2D eigenvalue weighted by molar-refractivity contribution is 0.545. The van der Waals surface area contributed by atoms with Crippen molar-refractivity contribution in [3.63, 3.8) is 0 Å². The normalized spacial score (nSPS) is 11.4. The van der Waals surface area contributed by atoms with Crippen molar-refractivity contribution in [1.29, 1.82) is 0 Å². The van der Waals surface area contributed by atoms with E-state index in [2.05, 4.69) is 0 Å². The van der Waals surface area contributed by atoms with Crippen LogP contribution in [-0.2, 0) is 0 Å². The van der Waals surface area contributed by atoms with Crippen LogP contribution in [0.15, 0.2) is 28.7 Å². The molecule has 0 radical (unpaired) electrons. The number of hydrogen-bond acceptors (Lipinski definition) is 2.